The number of thiophene rings is 2. The van der Waals surface area contributed by atoms with Gasteiger partial charge in [0.1, 0.15) is 6.04 Å². The van der Waals surface area contributed by atoms with Crippen molar-refractivity contribution in [1.82, 2.24) is 15.5 Å². The molecule has 3 amide bonds. The zero-order chi connectivity index (χ0) is 21.8. The van der Waals surface area contributed by atoms with Crippen molar-refractivity contribution in [2.75, 3.05) is 13.7 Å². The average molecular weight is 452 g/mol. The minimum absolute atomic E-state index is 0.0837. The van der Waals surface area contributed by atoms with E-state index in [0.29, 0.717) is 19.5 Å². The molecule has 1 atom stereocenters. The molecule has 0 spiro atoms. The molecule has 2 aromatic heterocycles. The zero-order valence-corrected chi connectivity index (χ0v) is 19.0. The number of rotatable bonds is 12. The van der Waals surface area contributed by atoms with Crippen molar-refractivity contribution in [2.24, 2.45) is 0 Å². The Morgan fingerprint density at radius 3 is 2.23 bits per heavy atom. The third kappa shape index (κ3) is 8.16. The van der Waals surface area contributed by atoms with E-state index in [9.17, 15) is 14.4 Å². The van der Waals surface area contributed by atoms with Crippen LogP contribution in [-0.2, 0) is 27.4 Å². The highest BCUT2D eigenvalue weighted by atomic mass is 32.1. The van der Waals surface area contributed by atoms with Gasteiger partial charge in [-0.2, -0.15) is 0 Å². The average Bonchev–Trinajstić information content (AvgIpc) is 3.44. The SMILES string of the molecule is CCCC[C@H](NC(=O)NCCC(=O)OC)C(=O)N(Cc1cccs1)Cc1cccs1. The number of ether oxygens (including phenoxy) is 1. The number of unbranched alkanes of at least 4 members (excludes halogenated alkanes) is 1. The molecule has 2 rings (SSSR count). The molecule has 2 N–H and O–H groups in total. The number of urea groups is 1. The van der Waals surface area contributed by atoms with E-state index in [4.69, 9.17) is 0 Å². The van der Waals surface area contributed by atoms with E-state index in [1.807, 2.05) is 41.9 Å². The van der Waals surface area contributed by atoms with E-state index in [-0.39, 0.29) is 18.9 Å². The highest BCUT2D eigenvalue weighted by Gasteiger charge is 2.26. The van der Waals surface area contributed by atoms with Crippen molar-refractivity contribution in [3.63, 3.8) is 0 Å². The molecule has 0 aliphatic rings. The second-order valence-electron chi connectivity index (χ2n) is 6.77. The first kappa shape index (κ1) is 23.9. The maximum absolute atomic E-state index is 13.4. The number of carbonyl (C=O) groups excluding carboxylic acids is 3. The lowest BCUT2D eigenvalue weighted by atomic mass is 10.1. The zero-order valence-electron chi connectivity index (χ0n) is 17.4. The topological polar surface area (TPSA) is 87.7 Å². The predicted octanol–water partition coefficient (Wildman–Crippen LogP) is 3.76. The summed E-state index contributed by atoms with van der Waals surface area (Å²) in [5.74, 6) is -0.500. The van der Waals surface area contributed by atoms with Crippen molar-refractivity contribution < 1.29 is 19.1 Å². The number of hydrogen-bond donors (Lipinski definition) is 2. The first-order chi connectivity index (χ1) is 14.5. The van der Waals surface area contributed by atoms with Crippen LogP contribution in [0.15, 0.2) is 35.0 Å². The monoisotopic (exact) mass is 451 g/mol. The molecular formula is C21H29N3O4S2. The molecule has 0 saturated heterocycles. The molecule has 0 fully saturated rings. The molecule has 164 valence electrons. The quantitative estimate of drug-likeness (QED) is 0.481. The van der Waals surface area contributed by atoms with Crippen LogP contribution in [0.2, 0.25) is 0 Å². The van der Waals surface area contributed by atoms with Gasteiger partial charge in [0, 0.05) is 16.3 Å². The minimum Gasteiger partial charge on any atom is -0.469 e. The lowest BCUT2D eigenvalue weighted by molar-refractivity contribution is -0.140. The molecule has 2 aromatic rings. The maximum Gasteiger partial charge on any atom is 0.315 e. The third-order valence-electron chi connectivity index (χ3n) is 4.46. The molecule has 0 aliphatic carbocycles. The molecular weight excluding hydrogens is 422 g/mol. The summed E-state index contributed by atoms with van der Waals surface area (Å²) in [7, 11) is 1.30. The van der Waals surface area contributed by atoms with Crippen LogP contribution in [0.1, 0.15) is 42.4 Å². The van der Waals surface area contributed by atoms with E-state index < -0.39 is 18.0 Å². The molecule has 0 aromatic carbocycles. The van der Waals surface area contributed by atoms with Gasteiger partial charge in [0.15, 0.2) is 0 Å². The molecule has 30 heavy (non-hydrogen) atoms. The Morgan fingerprint density at radius 2 is 1.73 bits per heavy atom. The molecule has 0 unspecified atom stereocenters. The van der Waals surface area contributed by atoms with Crippen LogP contribution < -0.4 is 10.6 Å². The number of carbonyl (C=O) groups is 3. The van der Waals surface area contributed by atoms with Gasteiger partial charge in [0.05, 0.1) is 26.6 Å². The van der Waals surface area contributed by atoms with Crippen LogP contribution in [0.4, 0.5) is 4.79 Å². The number of amides is 3. The third-order valence-corrected chi connectivity index (χ3v) is 6.18. The normalized spacial score (nSPS) is 11.5. The van der Waals surface area contributed by atoms with E-state index >= 15 is 0 Å². The fourth-order valence-corrected chi connectivity index (χ4v) is 4.31. The van der Waals surface area contributed by atoms with Gasteiger partial charge in [-0.1, -0.05) is 31.9 Å². The van der Waals surface area contributed by atoms with Crippen molar-refractivity contribution in [3.8, 4) is 0 Å². The van der Waals surface area contributed by atoms with E-state index in [1.165, 1.54) is 7.11 Å². The number of nitrogens with one attached hydrogen (secondary N) is 2. The maximum atomic E-state index is 13.4. The largest absolute Gasteiger partial charge is 0.469 e. The second-order valence-corrected chi connectivity index (χ2v) is 8.84. The van der Waals surface area contributed by atoms with Gasteiger partial charge in [-0.15, -0.1) is 22.7 Å². The van der Waals surface area contributed by atoms with Crippen molar-refractivity contribution in [3.05, 3.63) is 44.8 Å². The molecule has 0 radical (unpaired) electrons. The van der Waals surface area contributed by atoms with Crippen molar-refractivity contribution >= 4 is 40.6 Å². The Labute approximate surface area is 185 Å². The van der Waals surface area contributed by atoms with E-state index in [0.717, 1.165) is 22.6 Å². The Hall–Kier alpha value is -2.39. The summed E-state index contributed by atoms with van der Waals surface area (Å²) in [5, 5.41) is 9.40. The van der Waals surface area contributed by atoms with Gasteiger partial charge in [-0.05, 0) is 29.3 Å². The smallest absolute Gasteiger partial charge is 0.315 e. The fraction of sp³-hybridized carbons (Fsp3) is 0.476. The summed E-state index contributed by atoms with van der Waals surface area (Å²) in [6.07, 6.45) is 2.39. The fourth-order valence-electron chi connectivity index (χ4n) is 2.87. The van der Waals surface area contributed by atoms with Gasteiger partial charge >= 0.3 is 12.0 Å². The van der Waals surface area contributed by atoms with E-state index in [1.54, 1.807) is 27.6 Å². The van der Waals surface area contributed by atoms with Gasteiger partial charge in [-0.25, -0.2) is 4.79 Å². The molecule has 2 heterocycles. The molecule has 0 bridgehead atoms. The number of esters is 1. The summed E-state index contributed by atoms with van der Waals surface area (Å²) in [5.41, 5.74) is 0. The number of hydrogen-bond acceptors (Lipinski definition) is 6. The summed E-state index contributed by atoms with van der Waals surface area (Å²) in [6, 6.07) is 6.87. The Bertz CT molecular complexity index is 742. The molecule has 0 saturated carbocycles. The standard InChI is InChI=1S/C21H29N3O4S2/c1-3-4-9-18(23-21(27)22-11-10-19(25)28-2)20(26)24(14-16-7-5-12-29-16)15-17-8-6-13-30-17/h5-8,12-13,18H,3-4,9-11,14-15H2,1-2H3,(H2,22,23,27)/t18-/m0/s1. The van der Waals surface area contributed by atoms with Crippen molar-refractivity contribution in [2.45, 2.75) is 51.7 Å². The van der Waals surface area contributed by atoms with Crippen LogP contribution in [0, 0.1) is 0 Å². The summed E-state index contributed by atoms with van der Waals surface area (Å²) in [4.78, 5) is 40.9. The van der Waals surface area contributed by atoms with Crippen LogP contribution in [-0.4, -0.2) is 42.5 Å². The molecule has 7 nitrogen and oxygen atoms in total. The van der Waals surface area contributed by atoms with Gasteiger partial charge in [-0.3, -0.25) is 9.59 Å². The summed E-state index contributed by atoms with van der Waals surface area (Å²) in [6.45, 7) is 3.21. The summed E-state index contributed by atoms with van der Waals surface area (Å²) >= 11 is 3.21. The first-order valence-corrected chi connectivity index (χ1v) is 11.7. The lowest BCUT2D eigenvalue weighted by Crippen LogP contribution is -2.51. The highest BCUT2D eigenvalue weighted by Crippen LogP contribution is 2.19. The molecule has 9 heteroatoms. The van der Waals surface area contributed by atoms with Crippen LogP contribution in [0.5, 0.6) is 0 Å². The summed E-state index contributed by atoms with van der Waals surface area (Å²) < 4.78 is 4.57. The van der Waals surface area contributed by atoms with Crippen LogP contribution in [0.25, 0.3) is 0 Å². The van der Waals surface area contributed by atoms with Crippen LogP contribution in [0.3, 0.4) is 0 Å². The van der Waals surface area contributed by atoms with Gasteiger partial charge in [0.2, 0.25) is 5.91 Å². The molecule has 0 aliphatic heterocycles. The predicted molar refractivity (Wildman–Crippen MR) is 119 cm³/mol. The van der Waals surface area contributed by atoms with Crippen LogP contribution >= 0.6 is 22.7 Å². The van der Waals surface area contributed by atoms with E-state index in [2.05, 4.69) is 15.4 Å². The van der Waals surface area contributed by atoms with Gasteiger partial charge < -0.3 is 20.3 Å². The van der Waals surface area contributed by atoms with Gasteiger partial charge in [0.25, 0.3) is 0 Å². The lowest BCUT2D eigenvalue weighted by Gasteiger charge is -2.27. The van der Waals surface area contributed by atoms with Crippen molar-refractivity contribution in [1.29, 1.82) is 0 Å². The Balaban J connectivity index is 2.05. The first-order valence-electron chi connectivity index (χ1n) is 9.98. The Morgan fingerprint density at radius 1 is 1.10 bits per heavy atom. The number of methoxy groups -OCH3 is 1. The minimum atomic E-state index is -0.622. The Kier molecular flexibility index (Phi) is 10.4. The second kappa shape index (κ2) is 13.0. The highest BCUT2D eigenvalue weighted by molar-refractivity contribution is 7.10. The number of nitrogens with zero attached hydrogens (tertiary/aromatic N) is 1.